The molecule has 1 aromatic heterocycles. The number of hydrogen-bond donors (Lipinski definition) is 4. The molecule has 8 nitrogen and oxygen atoms in total. The van der Waals surface area contributed by atoms with Crippen molar-refractivity contribution >= 4 is 28.4 Å². The van der Waals surface area contributed by atoms with Gasteiger partial charge in [0, 0.05) is 18.4 Å². The monoisotopic (exact) mass is 573 g/mol. The molecule has 0 saturated carbocycles. The average molecular weight is 574 g/mol. The maximum Gasteiger partial charge on any atom is 0.416 e. The topological polar surface area (TPSA) is 123 Å². The van der Waals surface area contributed by atoms with Crippen LogP contribution in [0.4, 0.5) is 18.9 Å². The predicted molar refractivity (Wildman–Crippen MR) is 155 cm³/mol. The van der Waals surface area contributed by atoms with Crippen LogP contribution in [0.1, 0.15) is 37.3 Å². The maximum absolute atomic E-state index is 13.4. The number of alkyl halides is 3. The molecule has 0 fully saturated rings. The number of nitrogens with two attached hydrogens (primary N) is 2. The Balaban J connectivity index is 1.74. The number of carbonyl (C=O) groups excluding carboxylic acids is 2. The molecular weight excluding hydrogens is 533 g/mol. The second-order valence-corrected chi connectivity index (χ2v) is 10.7. The van der Waals surface area contributed by atoms with Gasteiger partial charge in [-0.1, -0.05) is 43.3 Å². The fourth-order valence-electron chi connectivity index (χ4n) is 4.90. The van der Waals surface area contributed by atoms with E-state index in [4.69, 9.17) is 11.5 Å². The zero-order valence-electron chi connectivity index (χ0n) is 23.6. The quantitative estimate of drug-likeness (QED) is 0.218. The van der Waals surface area contributed by atoms with Gasteiger partial charge in [-0.3, -0.25) is 14.6 Å². The average Bonchev–Trinajstić information content (AvgIpc) is 2.93. The van der Waals surface area contributed by atoms with Crippen LogP contribution in [0.15, 0.2) is 60.8 Å². The van der Waals surface area contributed by atoms with Crippen molar-refractivity contribution in [3.05, 3.63) is 71.9 Å². The molecule has 1 unspecified atom stereocenters. The standard InChI is InChI=1S/C30H39F3N6O2/c1-3-15-39(2,17-14-34)16-13-25(35)28(40)38-27(12-11-21-7-6-9-23(18-21)30(31,32)33)29(41)37-24-19-22-8-4-5-10-26(22)36-20-24/h4-10,18-20,25,27H,3,11-17,34-35H2,1-2H3,(H-,37,38,40,41)/p+1/t25-,27+,39?/m0/s1. The lowest BCUT2D eigenvalue weighted by atomic mass is 10.0. The van der Waals surface area contributed by atoms with Gasteiger partial charge in [0.1, 0.15) is 6.04 Å². The first-order chi connectivity index (χ1) is 19.4. The summed E-state index contributed by atoms with van der Waals surface area (Å²) in [4.78, 5) is 30.8. The second kappa shape index (κ2) is 14.4. The number of amides is 2. The molecule has 0 aliphatic carbocycles. The van der Waals surface area contributed by atoms with Crippen molar-refractivity contribution in [3.8, 4) is 0 Å². The molecule has 3 rings (SSSR count). The zero-order chi connectivity index (χ0) is 30.0. The Morgan fingerprint density at radius 1 is 1.00 bits per heavy atom. The van der Waals surface area contributed by atoms with E-state index in [9.17, 15) is 22.8 Å². The fourth-order valence-corrected chi connectivity index (χ4v) is 4.90. The Morgan fingerprint density at radius 3 is 2.46 bits per heavy atom. The summed E-state index contributed by atoms with van der Waals surface area (Å²) in [5.74, 6) is -1.01. The first-order valence-electron chi connectivity index (χ1n) is 13.9. The minimum atomic E-state index is -4.48. The Hall–Kier alpha value is -3.54. The molecule has 222 valence electrons. The maximum atomic E-state index is 13.4. The van der Waals surface area contributed by atoms with E-state index in [1.807, 2.05) is 24.3 Å². The zero-order valence-corrected chi connectivity index (χ0v) is 23.6. The summed E-state index contributed by atoms with van der Waals surface area (Å²) in [7, 11) is 2.07. The van der Waals surface area contributed by atoms with Crippen LogP contribution in [-0.2, 0) is 22.2 Å². The van der Waals surface area contributed by atoms with E-state index in [-0.39, 0.29) is 12.8 Å². The lowest BCUT2D eigenvalue weighted by Crippen LogP contribution is -2.53. The largest absolute Gasteiger partial charge is 0.416 e. The number of rotatable bonds is 14. The van der Waals surface area contributed by atoms with Gasteiger partial charge in [0.15, 0.2) is 0 Å². The van der Waals surface area contributed by atoms with Gasteiger partial charge in [-0.25, -0.2) is 0 Å². The van der Waals surface area contributed by atoms with Gasteiger partial charge in [-0.2, -0.15) is 13.2 Å². The Labute approximate surface area is 238 Å². The van der Waals surface area contributed by atoms with Gasteiger partial charge in [-0.05, 0) is 43.0 Å². The summed E-state index contributed by atoms with van der Waals surface area (Å²) >= 11 is 0. The van der Waals surface area contributed by atoms with Crippen LogP contribution in [0, 0.1) is 0 Å². The number of quaternary nitrogens is 1. The smallest absolute Gasteiger partial charge is 0.343 e. The van der Waals surface area contributed by atoms with Crippen LogP contribution < -0.4 is 22.1 Å². The molecule has 0 spiro atoms. The van der Waals surface area contributed by atoms with E-state index >= 15 is 0 Å². The molecule has 0 saturated heterocycles. The van der Waals surface area contributed by atoms with E-state index in [0.29, 0.717) is 35.2 Å². The number of fused-ring (bicyclic) bond motifs is 1. The van der Waals surface area contributed by atoms with Gasteiger partial charge in [0.05, 0.1) is 55.7 Å². The van der Waals surface area contributed by atoms with Crippen molar-refractivity contribution in [2.24, 2.45) is 11.5 Å². The van der Waals surface area contributed by atoms with E-state index < -0.39 is 35.6 Å². The number of aromatic nitrogens is 1. The fraction of sp³-hybridized carbons (Fsp3) is 0.433. The molecule has 41 heavy (non-hydrogen) atoms. The summed E-state index contributed by atoms with van der Waals surface area (Å²) in [6.45, 7) is 4.89. The van der Waals surface area contributed by atoms with E-state index in [1.165, 1.54) is 12.3 Å². The number of aryl methyl sites for hydroxylation is 1. The number of benzene rings is 2. The summed E-state index contributed by atoms with van der Waals surface area (Å²) in [6.07, 6.45) is -1.41. The second-order valence-electron chi connectivity index (χ2n) is 10.7. The van der Waals surface area contributed by atoms with E-state index in [1.54, 1.807) is 12.1 Å². The van der Waals surface area contributed by atoms with Gasteiger partial charge in [-0.15, -0.1) is 0 Å². The third-order valence-electron chi connectivity index (χ3n) is 7.22. The van der Waals surface area contributed by atoms with Gasteiger partial charge >= 0.3 is 6.18 Å². The third kappa shape index (κ3) is 9.51. The van der Waals surface area contributed by atoms with E-state index in [0.717, 1.165) is 42.5 Å². The normalized spacial score (nSPS) is 14.7. The highest BCUT2D eigenvalue weighted by Gasteiger charge is 2.31. The highest BCUT2D eigenvalue weighted by molar-refractivity contribution is 5.98. The van der Waals surface area contributed by atoms with Crippen LogP contribution in [0.5, 0.6) is 0 Å². The van der Waals surface area contributed by atoms with Crippen LogP contribution in [-0.4, -0.2) is 66.6 Å². The van der Waals surface area contributed by atoms with Crippen LogP contribution >= 0.6 is 0 Å². The lowest BCUT2D eigenvalue weighted by molar-refractivity contribution is -0.908. The molecule has 0 bridgehead atoms. The number of anilines is 1. The molecule has 1 heterocycles. The number of carbonyl (C=O) groups is 2. The molecule has 0 aliphatic heterocycles. The number of nitrogens with zero attached hydrogens (tertiary/aromatic N) is 2. The van der Waals surface area contributed by atoms with Gasteiger partial charge in [0.2, 0.25) is 11.8 Å². The van der Waals surface area contributed by atoms with Crippen LogP contribution in [0.25, 0.3) is 10.9 Å². The summed E-state index contributed by atoms with van der Waals surface area (Å²) in [6, 6.07) is 12.2. The number of pyridine rings is 1. The number of para-hydroxylation sites is 1. The molecule has 2 aromatic carbocycles. The lowest BCUT2D eigenvalue weighted by Gasteiger charge is -2.34. The molecular formula is C30H40F3N6O2+. The van der Waals surface area contributed by atoms with E-state index in [2.05, 4.69) is 29.6 Å². The van der Waals surface area contributed by atoms with Crippen molar-refractivity contribution in [2.75, 3.05) is 38.5 Å². The molecule has 3 atom stereocenters. The summed E-state index contributed by atoms with van der Waals surface area (Å²) in [5.41, 5.74) is 12.8. The molecule has 6 N–H and O–H groups in total. The van der Waals surface area contributed by atoms with Crippen molar-refractivity contribution in [1.82, 2.24) is 10.3 Å². The molecule has 0 aliphatic rings. The first kappa shape index (κ1) is 32.0. The van der Waals surface area contributed by atoms with Crippen LogP contribution in [0.2, 0.25) is 0 Å². The minimum absolute atomic E-state index is 0.0728. The summed E-state index contributed by atoms with van der Waals surface area (Å²) < 4.78 is 40.3. The minimum Gasteiger partial charge on any atom is -0.343 e. The highest BCUT2D eigenvalue weighted by Crippen LogP contribution is 2.30. The van der Waals surface area contributed by atoms with Crippen molar-refractivity contribution in [3.63, 3.8) is 0 Å². The Morgan fingerprint density at radius 2 is 1.76 bits per heavy atom. The summed E-state index contributed by atoms with van der Waals surface area (Å²) in [5, 5.41) is 6.35. The predicted octanol–water partition coefficient (Wildman–Crippen LogP) is 3.84. The Bertz CT molecular complexity index is 1310. The van der Waals surface area contributed by atoms with Crippen molar-refractivity contribution in [1.29, 1.82) is 0 Å². The third-order valence-corrected chi connectivity index (χ3v) is 7.22. The first-order valence-corrected chi connectivity index (χ1v) is 13.9. The van der Waals surface area contributed by atoms with Crippen molar-refractivity contribution in [2.45, 2.75) is 50.9 Å². The van der Waals surface area contributed by atoms with Crippen molar-refractivity contribution < 1.29 is 27.2 Å². The molecule has 0 radical (unpaired) electrons. The molecule has 11 heteroatoms. The highest BCUT2D eigenvalue weighted by atomic mass is 19.4. The molecule has 2 amide bonds. The van der Waals surface area contributed by atoms with Gasteiger partial charge in [0.25, 0.3) is 0 Å². The number of halogens is 3. The van der Waals surface area contributed by atoms with Crippen LogP contribution in [0.3, 0.4) is 0 Å². The number of likely N-dealkylation sites (N-methyl/N-ethyl adjacent to an activating group) is 1. The molecule has 3 aromatic rings. The van der Waals surface area contributed by atoms with Gasteiger partial charge < -0.3 is 26.6 Å². The number of hydrogen-bond acceptors (Lipinski definition) is 5. The Kier molecular flexibility index (Phi) is 11.2. The number of nitrogens with one attached hydrogen (secondary N) is 2. The SMILES string of the molecule is CCC[N+](C)(CCN)CC[C@H](N)C(=O)N[C@H](CCc1cccc(C(F)(F)F)c1)C(=O)Nc1cnc2ccccc2c1.